The van der Waals surface area contributed by atoms with Crippen molar-refractivity contribution in [1.29, 1.82) is 0 Å². The monoisotopic (exact) mass is 253 g/mol. The maximum absolute atomic E-state index is 12.1. The Hall–Kier alpha value is -2.29. The van der Waals surface area contributed by atoms with Gasteiger partial charge in [0.1, 0.15) is 0 Å². The van der Waals surface area contributed by atoms with Crippen LogP contribution in [0.15, 0.2) is 42.6 Å². The van der Waals surface area contributed by atoms with Crippen molar-refractivity contribution in [2.45, 2.75) is 6.92 Å². The molecule has 1 aromatic carbocycles. The van der Waals surface area contributed by atoms with Crippen LogP contribution >= 0.6 is 0 Å². The SMILES string of the molecule is CCOC(=O)c1cccc2c1C1=CC=CCN1C=C2. The lowest BCUT2D eigenvalue weighted by Crippen LogP contribution is -2.23. The first-order valence-electron chi connectivity index (χ1n) is 6.43. The van der Waals surface area contributed by atoms with E-state index in [0.29, 0.717) is 12.2 Å². The third-order valence-electron chi connectivity index (χ3n) is 3.28. The second kappa shape index (κ2) is 4.76. The molecule has 0 atom stereocenters. The summed E-state index contributed by atoms with van der Waals surface area (Å²) in [6, 6.07) is 5.74. The van der Waals surface area contributed by atoms with Crippen molar-refractivity contribution in [3.05, 3.63) is 59.3 Å². The van der Waals surface area contributed by atoms with Crippen molar-refractivity contribution in [3.8, 4) is 0 Å². The highest BCUT2D eigenvalue weighted by molar-refractivity contribution is 5.98. The second-order valence-corrected chi connectivity index (χ2v) is 4.44. The Balaban J connectivity index is 2.15. The van der Waals surface area contributed by atoms with Gasteiger partial charge in [-0.1, -0.05) is 24.3 Å². The lowest BCUT2D eigenvalue weighted by atomic mass is 9.93. The van der Waals surface area contributed by atoms with Gasteiger partial charge in [0.2, 0.25) is 0 Å². The average molecular weight is 253 g/mol. The molecule has 2 aliphatic heterocycles. The van der Waals surface area contributed by atoms with Gasteiger partial charge in [0.15, 0.2) is 0 Å². The summed E-state index contributed by atoms with van der Waals surface area (Å²) in [4.78, 5) is 14.2. The molecule has 2 aliphatic rings. The van der Waals surface area contributed by atoms with Gasteiger partial charge >= 0.3 is 5.97 Å². The number of carbonyl (C=O) groups is 1. The van der Waals surface area contributed by atoms with Gasteiger partial charge in [-0.2, -0.15) is 0 Å². The fraction of sp³-hybridized carbons (Fsp3) is 0.188. The van der Waals surface area contributed by atoms with Gasteiger partial charge in [0.05, 0.1) is 12.2 Å². The molecule has 3 heteroatoms. The summed E-state index contributed by atoms with van der Waals surface area (Å²) >= 11 is 0. The first-order chi connectivity index (χ1) is 9.31. The number of allylic oxidation sites excluding steroid dienone is 2. The Morgan fingerprint density at radius 1 is 1.42 bits per heavy atom. The zero-order chi connectivity index (χ0) is 13.2. The van der Waals surface area contributed by atoms with Crippen LogP contribution < -0.4 is 0 Å². The normalized spacial score (nSPS) is 15.6. The van der Waals surface area contributed by atoms with E-state index in [1.165, 1.54) is 0 Å². The first kappa shape index (κ1) is 11.8. The third kappa shape index (κ3) is 1.97. The summed E-state index contributed by atoms with van der Waals surface area (Å²) < 4.78 is 5.15. The van der Waals surface area contributed by atoms with E-state index in [2.05, 4.69) is 11.0 Å². The molecule has 2 heterocycles. The van der Waals surface area contributed by atoms with E-state index in [-0.39, 0.29) is 5.97 Å². The highest BCUT2D eigenvalue weighted by Crippen LogP contribution is 2.33. The second-order valence-electron chi connectivity index (χ2n) is 4.44. The van der Waals surface area contributed by atoms with Crippen LogP contribution in [0, 0.1) is 0 Å². The molecule has 0 bridgehead atoms. The standard InChI is InChI=1S/C16H15NO2/c1-2-19-16(18)13-7-5-6-12-9-11-17-10-4-3-8-14(17)15(12)13/h3-9,11H,2,10H2,1H3. The molecule has 0 N–H and O–H groups in total. The van der Waals surface area contributed by atoms with Crippen molar-refractivity contribution in [2.24, 2.45) is 0 Å². The number of hydrogen-bond donors (Lipinski definition) is 0. The van der Waals surface area contributed by atoms with Gasteiger partial charge in [-0.15, -0.1) is 0 Å². The Labute approximate surface area is 112 Å². The fourth-order valence-electron chi connectivity index (χ4n) is 2.44. The largest absolute Gasteiger partial charge is 0.462 e. The van der Waals surface area contributed by atoms with Crippen LogP contribution in [-0.4, -0.2) is 24.0 Å². The molecule has 0 amide bonds. The number of nitrogens with zero attached hydrogens (tertiary/aromatic N) is 1. The van der Waals surface area contributed by atoms with E-state index >= 15 is 0 Å². The minimum atomic E-state index is -0.259. The minimum Gasteiger partial charge on any atom is -0.462 e. The third-order valence-corrected chi connectivity index (χ3v) is 3.28. The van der Waals surface area contributed by atoms with Crippen LogP contribution in [0.1, 0.15) is 28.4 Å². The van der Waals surface area contributed by atoms with Crippen LogP contribution in [0.4, 0.5) is 0 Å². The van der Waals surface area contributed by atoms with Crippen molar-refractivity contribution < 1.29 is 9.53 Å². The number of fused-ring (bicyclic) bond motifs is 3. The van der Waals surface area contributed by atoms with Gasteiger partial charge in [0.25, 0.3) is 0 Å². The van der Waals surface area contributed by atoms with E-state index in [1.54, 1.807) is 0 Å². The fourth-order valence-corrected chi connectivity index (χ4v) is 2.44. The number of benzene rings is 1. The Bertz CT molecular complexity index is 611. The van der Waals surface area contributed by atoms with Crippen LogP contribution in [0.2, 0.25) is 0 Å². The van der Waals surface area contributed by atoms with E-state index in [9.17, 15) is 4.79 Å². The zero-order valence-electron chi connectivity index (χ0n) is 10.8. The molecule has 0 saturated heterocycles. The lowest BCUT2D eigenvalue weighted by molar-refractivity contribution is 0.0526. The zero-order valence-corrected chi connectivity index (χ0v) is 10.8. The number of ether oxygens (including phenoxy) is 1. The number of rotatable bonds is 2. The average Bonchev–Trinajstić information content (AvgIpc) is 2.46. The molecule has 0 spiro atoms. The van der Waals surface area contributed by atoms with E-state index < -0.39 is 0 Å². The molecule has 3 rings (SSSR count). The highest BCUT2D eigenvalue weighted by atomic mass is 16.5. The van der Waals surface area contributed by atoms with Crippen LogP contribution in [0.25, 0.3) is 11.8 Å². The number of hydrogen-bond acceptors (Lipinski definition) is 3. The Morgan fingerprint density at radius 3 is 3.16 bits per heavy atom. The summed E-state index contributed by atoms with van der Waals surface area (Å²) in [6.45, 7) is 3.04. The van der Waals surface area contributed by atoms with Crippen LogP contribution in [0.5, 0.6) is 0 Å². The highest BCUT2D eigenvalue weighted by Gasteiger charge is 2.23. The van der Waals surface area contributed by atoms with E-state index in [4.69, 9.17) is 4.74 Å². The molecule has 0 aliphatic carbocycles. The van der Waals surface area contributed by atoms with Gasteiger partial charge in [0, 0.05) is 24.0 Å². The molecule has 96 valence electrons. The van der Waals surface area contributed by atoms with E-state index in [0.717, 1.165) is 23.4 Å². The summed E-state index contributed by atoms with van der Waals surface area (Å²) in [5.41, 5.74) is 3.72. The molecule has 0 saturated carbocycles. The molecular formula is C16H15NO2. The van der Waals surface area contributed by atoms with Crippen molar-refractivity contribution in [3.63, 3.8) is 0 Å². The van der Waals surface area contributed by atoms with Crippen LogP contribution in [0.3, 0.4) is 0 Å². The van der Waals surface area contributed by atoms with E-state index in [1.807, 2.05) is 49.6 Å². The molecule has 0 fully saturated rings. The summed E-state index contributed by atoms with van der Waals surface area (Å²) in [6.07, 6.45) is 10.2. The van der Waals surface area contributed by atoms with Gasteiger partial charge in [-0.25, -0.2) is 4.79 Å². The molecule has 0 aromatic heterocycles. The molecule has 1 aromatic rings. The molecule has 19 heavy (non-hydrogen) atoms. The van der Waals surface area contributed by atoms with Crippen molar-refractivity contribution >= 4 is 17.7 Å². The quantitative estimate of drug-likeness (QED) is 0.759. The summed E-state index contributed by atoms with van der Waals surface area (Å²) in [7, 11) is 0. The van der Waals surface area contributed by atoms with Crippen molar-refractivity contribution in [2.75, 3.05) is 13.2 Å². The van der Waals surface area contributed by atoms with Crippen LogP contribution in [-0.2, 0) is 4.74 Å². The molecular weight excluding hydrogens is 238 g/mol. The first-order valence-corrected chi connectivity index (χ1v) is 6.43. The Kier molecular flexibility index (Phi) is 2.95. The minimum absolute atomic E-state index is 0.259. The van der Waals surface area contributed by atoms with Crippen molar-refractivity contribution in [1.82, 2.24) is 4.90 Å². The Morgan fingerprint density at radius 2 is 2.32 bits per heavy atom. The molecule has 3 nitrogen and oxygen atoms in total. The lowest BCUT2D eigenvalue weighted by Gasteiger charge is -2.30. The molecule has 0 unspecified atom stereocenters. The van der Waals surface area contributed by atoms with Gasteiger partial charge in [-0.3, -0.25) is 0 Å². The summed E-state index contributed by atoms with van der Waals surface area (Å²) in [5.74, 6) is -0.259. The maximum atomic E-state index is 12.1. The smallest absolute Gasteiger partial charge is 0.338 e. The molecule has 0 radical (unpaired) electrons. The van der Waals surface area contributed by atoms with Gasteiger partial charge < -0.3 is 9.64 Å². The predicted octanol–water partition coefficient (Wildman–Crippen LogP) is 3.06. The number of carbonyl (C=O) groups excluding carboxylic acids is 1. The summed E-state index contributed by atoms with van der Waals surface area (Å²) in [5, 5.41) is 0. The number of esters is 1. The topological polar surface area (TPSA) is 29.5 Å². The maximum Gasteiger partial charge on any atom is 0.338 e. The van der Waals surface area contributed by atoms with Gasteiger partial charge in [-0.05, 0) is 30.7 Å². The predicted molar refractivity (Wildman–Crippen MR) is 75.3 cm³/mol.